The molecule has 0 aliphatic carbocycles. The lowest BCUT2D eigenvalue weighted by molar-refractivity contribution is -0.142. The minimum absolute atomic E-state index is 0.000775. The summed E-state index contributed by atoms with van der Waals surface area (Å²) in [7, 11) is 0. The van der Waals surface area contributed by atoms with Gasteiger partial charge in [-0.2, -0.15) is 0 Å². The second kappa shape index (κ2) is 13.2. The van der Waals surface area contributed by atoms with Gasteiger partial charge in [-0.1, -0.05) is 13.8 Å². The van der Waals surface area contributed by atoms with Crippen LogP contribution in [0.2, 0.25) is 0 Å². The van der Waals surface area contributed by atoms with Gasteiger partial charge < -0.3 is 41.9 Å². The van der Waals surface area contributed by atoms with Crippen LogP contribution in [0.3, 0.4) is 0 Å². The lowest BCUT2D eigenvalue weighted by atomic mass is 10.0. The molecule has 0 radical (unpaired) electrons. The van der Waals surface area contributed by atoms with Gasteiger partial charge in [-0.25, -0.2) is 14.8 Å². The number of H-pyrrole nitrogens is 2. The number of aliphatic hydroxyl groups is 1. The summed E-state index contributed by atoms with van der Waals surface area (Å²) in [5.74, 6) is -3.37. The average molecular weight is 493 g/mol. The quantitative estimate of drug-likeness (QED) is 0.143. The predicted molar refractivity (Wildman–Crippen MR) is 123 cm³/mol. The number of carbonyl (C=O) groups excluding carboxylic acids is 3. The molecule has 35 heavy (non-hydrogen) atoms. The summed E-state index contributed by atoms with van der Waals surface area (Å²) in [5.41, 5.74) is 6.61. The summed E-state index contributed by atoms with van der Waals surface area (Å²) in [6.45, 7) is 3.03. The van der Waals surface area contributed by atoms with Crippen molar-refractivity contribution in [1.82, 2.24) is 35.9 Å². The van der Waals surface area contributed by atoms with E-state index in [4.69, 9.17) is 10.8 Å². The number of nitrogens with zero attached hydrogens (tertiary/aromatic N) is 2. The third-order valence-electron chi connectivity index (χ3n) is 5.08. The van der Waals surface area contributed by atoms with Crippen molar-refractivity contribution in [2.75, 3.05) is 6.61 Å². The Labute approximate surface area is 201 Å². The van der Waals surface area contributed by atoms with Gasteiger partial charge in [0.15, 0.2) is 0 Å². The number of carboxylic acid groups (broad SMARTS) is 1. The summed E-state index contributed by atoms with van der Waals surface area (Å²) in [6.07, 6.45) is 5.94. The highest BCUT2D eigenvalue weighted by Crippen LogP contribution is 2.08. The molecule has 2 heterocycles. The van der Waals surface area contributed by atoms with E-state index in [9.17, 15) is 24.3 Å². The third-order valence-corrected chi connectivity index (χ3v) is 5.08. The molecule has 0 aliphatic rings. The second-order valence-electron chi connectivity index (χ2n) is 8.50. The van der Waals surface area contributed by atoms with Crippen molar-refractivity contribution in [2.45, 2.75) is 57.3 Å². The minimum atomic E-state index is -1.25. The Bertz CT molecular complexity index is 963. The second-order valence-corrected chi connectivity index (χ2v) is 8.50. The standard InChI is InChI=1S/C21H32N8O6/c1-11(2)3-17(21(34)35)29-20(33)16(5-13-7-24-10-26-13)28-19(32)15(4-12-6-23-9-25-12)27-18(31)14(22)8-30/h6-7,9-11,14-17,30H,3-5,8,22H2,1-2H3,(H,23,25)(H,24,26)(H,27,31)(H,28,32)(H,29,33)(H,34,35). The molecule has 0 aromatic carbocycles. The molecule has 2 aromatic rings. The molecule has 0 bridgehead atoms. The minimum Gasteiger partial charge on any atom is -0.480 e. The molecule has 14 heteroatoms. The van der Waals surface area contributed by atoms with Gasteiger partial charge in [-0.3, -0.25) is 14.4 Å². The van der Waals surface area contributed by atoms with E-state index in [1.165, 1.54) is 25.0 Å². The van der Waals surface area contributed by atoms with Gasteiger partial charge in [0.25, 0.3) is 0 Å². The maximum absolute atomic E-state index is 13.2. The highest BCUT2D eigenvalue weighted by molar-refractivity contribution is 5.94. The number of aromatic nitrogens is 4. The molecular formula is C21H32N8O6. The predicted octanol–water partition coefficient (Wildman–Crippen LogP) is -2.18. The molecule has 192 valence electrons. The zero-order valence-corrected chi connectivity index (χ0v) is 19.5. The number of imidazole rings is 2. The fraction of sp³-hybridized carbons (Fsp3) is 0.524. The van der Waals surface area contributed by atoms with Gasteiger partial charge in [0, 0.05) is 36.6 Å². The van der Waals surface area contributed by atoms with Crippen molar-refractivity contribution in [2.24, 2.45) is 11.7 Å². The molecule has 4 atom stereocenters. The van der Waals surface area contributed by atoms with Crippen LogP contribution in [0.15, 0.2) is 25.0 Å². The Balaban J connectivity index is 2.23. The molecule has 0 saturated carbocycles. The zero-order valence-electron chi connectivity index (χ0n) is 19.5. The summed E-state index contributed by atoms with van der Waals surface area (Å²) in [4.78, 5) is 63.5. The van der Waals surface area contributed by atoms with Crippen LogP contribution in [0.5, 0.6) is 0 Å². The highest BCUT2D eigenvalue weighted by Gasteiger charge is 2.31. The SMILES string of the molecule is CC(C)CC(NC(=O)C(Cc1cnc[nH]1)NC(=O)C(Cc1cnc[nH]1)NC(=O)C(N)CO)C(=O)O. The Morgan fingerprint density at radius 1 is 0.886 bits per heavy atom. The summed E-state index contributed by atoms with van der Waals surface area (Å²) >= 11 is 0. The first-order chi connectivity index (χ1) is 16.6. The lowest BCUT2D eigenvalue weighted by Gasteiger charge is -2.25. The van der Waals surface area contributed by atoms with E-state index in [0.29, 0.717) is 11.4 Å². The Morgan fingerprint density at radius 3 is 1.71 bits per heavy atom. The first-order valence-electron chi connectivity index (χ1n) is 11.1. The smallest absolute Gasteiger partial charge is 0.326 e. The molecule has 2 rings (SSSR count). The van der Waals surface area contributed by atoms with Crippen molar-refractivity contribution >= 4 is 23.7 Å². The largest absolute Gasteiger partial charge is 0.480 e. The van der Waals surface area contributed by atoms with Crippen LogP contribution in [0.4, 0.5) is 0 Å². The van der Waals surface area contributed by atoms with E-state index in [2.05, 4.69) is 35.9 Å². The van der Waals surface area contributed by atoms with Crippen LogP contribution in [-0.2, 0) is 32.0 Å². The molecule has 4 unspecified atom stereocenters. The van der Waals surface area contributed by atoms with Gasteiger partial charge in [0.1, 0.15) is 24.2 Å². The van der Waals surface area contributed by atoms with Gasteiger partial charge >= 0.3 is 5.97 Å². The summed E-state index contributed by atoms with van der Waals surface area (Å²) in [6, 6.07) is -4.73. The van der Waals surface area contributed by atoms with E-state index in [1.807, 2.05) is 13.8 Å². The molecule has 0 aliphatic heterocycles. The van der Waals surface area contributed by atoms with E-state index in [-0.39, 0.29) is 25.2 Å². The Hall–Kier alpha value is -3.78. The van der Waals surface area contributed by atoms with Crippen molar-refractivity contribution in [3.05, 3.63) is 36.4 Å². The van der Waals surface area contributed by atoms with E-state index in [1.54, 1.807) is 0 Å². The molecule has 2 aromatic heterocycles. The van der Waals surface area contributed by atoms with Crippen molar-refractivity contribution in [3.8, 4) is 0 Å². The maximum atomic E-state index is 13.2. The number of aromatic amines is 2. The summed E-state index contributed by atoms with van der Waals surface area (Å²) in [5, 5.41) is 26.2. The maximum Gasteiger partial charge on any atom is 0.326 e. The monoisotopic (exact) mass is 492 g/mol. The molecule has 14 nitrogen and oxygen atoms in total. The number of amides is 3. The molecular weight excluding hydrogens is 460 g/mol. The molecule has 9 N–H and O–H groups in total. The topological polar surface area (TPSA) is 228 Å². The highest BCUT2D eigenvalue weighted by atomic mass is 16.4. The number of aliphatic hydroxyl groups excluding tert-OH is 1. The Morgan fingerprint density at radius 2 is 1.34 bits per heavy atom. The van der Waals surface area contributed by atoms with Crippen LogP contribution in [0.1, 0.15) is 31.7 Å². The average Bonchev–Trinajstić information content (AvgIpc) is 3.50. The normalized spacial score (nSPS) is 14.5. The van der Waals surface area contributed by atoms with Crippen molar-refractivity contribution in [3.63, 3.8) is 0 Å². The number of hydrogen-bond donors (Lipinski definition) is 8. The van der Waals surface area contributed by atoms with Crippen molar-refractivity contribution in [1.29, 1.82) is 0 Å². The van der Waals surface area contributed by atoms with E-state index < -0.39 is 54.5 Å². The van der Waals surface area contributed by atoms with Crippen LogP contribution < -0.4 is 21.7 Å². The van der Waals surface area contributed by atoms with Crippen LogP contribution >= 0.6 is 0 Å². The fourth-order valence-electron chi connectivity index (χ4n) is 3.25. The molecule has 0 fully saturated rings. The van der Waals surface area contributed by atoms with Crippen LogP contribution in [0, 0.1) is 5.92 Å². The fourth-order valence-corrected chi connectivity index (χ4v) is 3.25. The zero-order chi connectivity index (χ0) is 26.0. The lowest BCUT2D eigenvalue weighted by Crippen LogP contribution is -2.58. The van der Waals surface area contributed by atoms with Gasteiger partial charge in [0.05, 0.1) is 19.3 Å². The Kier molecular flexibility index (Phi) is 10.4. The number of rotatable bonds is 14. The number of aliphatic carboxylic acids is 1. The van der Waals surface area contributed by atoms with Gasteiger partial charge in [-0.15, -0.1) is 0 Å². The molecule has 3 amide bonds. The summed E-state index contributed by atoms with van der Waals surface area (Å²) < 4.78 is 0. The third kappa shape index (κ3) is 8.83. The number of carbonyl (C=O) groups is 4. The number of nitrogens with one attached hydrogen (secondary N) is 5. The van der Waals surface area contributed by atoms with Crippen molar-refractivity contribution < 1.29 is 29.4 Å². The molecule has 0 saturated heterocycles. The van der Waals surface area contributed by atoms with Crippen LogP contribution in [0.25, 0.3) is 0 Å². The molecule has 0 spiro atoms. The number of hydrogen-bond acceptors (Lipinski definition) is 8. The van der Waals surface area contributed by atoms with Crippen LogP contribution in [-0.4, -0.2) is 84.6 Å². The van der Waals surface area contributed by atoms with E-state index in [0.717, 1.165) is 0 Å². The number of nitrogens with two attached hydrogens (primary N) is 1. The first-order valence-corrected chi connectivity index (χ1v) is 11.1. The van der Waals surface area contributed by atoms with E-state index >= 15 is 0 Å². The van der Waals surface area contributed by atoms with Gasteiger partial charge in [0.2, 0.25) is 17.7 Å². The number of carboxylic acids is 1. The first kappa shape index (κ1) is 27.5. The van der Waals surface area contributed by atoms with Gasteiger partial charge in [-0.05, 0) is 12.3 Å².